The zero-order chi connectivity index (χ0) is 21.2. The Hall–Kier alpha value is -0.860. The quantitative estimate of drug-likeness (QED) is 0.518. The molecule has 3 rings (SSSR count). The minimum Gasteiger partial charge on any atom is -0.393 e. The van der Waals surface area contributed by atoms with E-state index in [1.165, 1.54) is 49.7 Å². The van der Waals surface area contributed by atoms with Gasteiger partial charge in [-0.3, -0.25) is 0 Å². The molecule has 0 aromatic carbocycles. The van der Waals surface area contributed by atoms with Crippen molar-refractivity contribution in [3.63, 3.8) is 0 Å². The summed E-state index contributed by atoms with van der Waals surface area (Å²) in [6.07, 6.45) is 16.9. The highest BCUT2D eigenvalue weighted by Crippen LogP contribution is 2.60. The SMILES string of the molecule is C=C1CC[C@H](O)C/C1=C/C=C1/CCC[C@]2(C)[C@@H]([C@H](C)CCCC(C)(C)O)CC[C@@H]12. The molecule has 0 amide bonds. The minimum atomic E-state index is -0.535. The van der Waals surface area contributed by atoms with E-state index in [1.807, 2.05) is 13.8 Å². The van der Waals surface area contributed by atoms with E-state index in [0.29, 0.717) is 5.41 Å². The van der Waals surface area contributed by atoms with Crippen molar-refractivity contribution in [3.05, 3.63) is 35.5 Å². The molecule has 3 aliphatic carbocycles. The van der Waals surface area contributed by atoms with Gasteiger partial charge in [0.1, 0.15) is 0 Å². The van der Waals surface area contributed by atoms with Gasteiger partial charge < -0.3 is 10.2 Å². The van der Waals surface area contributed by atoms with Gasteiger partial charge >= 0.3 is 0 Å². The van der Waals surface area contributed by atoms with Crippen LogP contribution in [0.5, 0.6) is 0 Å². The summed E-state index contributed by atoms with van der Waals surface area (Å²) in [7, 11) is 0. The average molecular weight is 401 g/mol. The second-order valence-corrected chi connectivity index (χ2v) is 11.2. The largest absolute Gasteiger partial charge is 0.393 e. The molecule has 0 saturated heterocycles. The summed E-state index contributed by atoms with van der Waals surface area (Å²) in [5.41, 5.74) is 4.02. The van der Waals surface area contributed by atoms with E-state index in [4.69, 9.17) is 0 Å². The maximum atomic E-state index is 10.0. The van der Waals surface area contributed by atoms with Crippen molar-refractivity contribution in [1.82, 2.24) is 0 Å². The number of aliphatic hydroxyl groups is 2. The first-order valence-corrected chi connectivity index (χ1v) is 12.1. The van der Waals surface area contributed by atoms with Crippen LogP contribution in [0.25, 0.3) is 0 Å². The van der Waals surface area contributed by atoms with Crippen LogP contribution in [0.3, 0.4) is 0 Å². The molecule has 0 aromatic rings. The van der Waals surface area contributed by atoms with Crippen LogP contribution in [0.15, 0.2) is 35.5 Å². The van der Waals surface area contributed by atoms with E-state index in [9.17, 15) is 10.2 Å². The van der Waals surface area contributed by atoms with Crippen molar-refractivity contribution in [2.24, 2.45) is 23.2 Å². The molecule has 0 unspecified atom stereocenters. The van der Waals surface area contributed by atoms with Crippen LogP contribution in [0.4, 0.5) is 0 Å². The van der Waals surface area contributed by atoms with E-state index < -0.39 is 5.60 Å². The predicted octanol–water partition coefficient (Wildman–Crippen LogP) is 6.73. The van der Waals surface area contributed by atoms with Gasteiger partial charge in [-0.05, 0) is 100 Å². The highest BCUT2D eigenvalue weighted by Gasteiger charge is 2.50. The molecule has 3 fully saturated rings. The van der Waals surface area contributed by atoms with Crippen LogP contribution < -0.4 is 0 Å². The maximum absolute atomic E-state index is 10.0. The van der Waals surface area contributed by atoms with Crippen molar-refractivity contribution in [3.8, 4) is 0 Å². The van der Waals surface area contributed by atoms with Crippen molar-refractivity contribution in [1.29, 1.82) is 0 Å². The number of rotatable bonds is 6. The predicted molar refractivity (Wildman–Crippen MR) is 123 cm³/mol. The van der Waals surface area contributed by atoms with Crippen molar-refractivity contribution >= 4 is 0 Å². The zero-order valence-electron chi connectivity index (χ0n) is 19.3. The summed E-state index contributed by atoms with van der Waals surface area (Å²) in [6, 6.07) is 0. The van der Waals surface area contributed by atoms with Gasteiger partial charge in [0.25, 0.3) is 0 Å². The van der Waals surface area contributed by atoms with Gasteiger partial charge in [0.15, 0.2) is 0 Å². The Morgan fingerprint density at radius 2 is 1.97 bits per heavy atom. The van der Waals surface area contributed by atoms with Crippen LogP contribution in [0.2, 0.25) is 0 Å². The van der Waals surface area contributed by atoms with Crippen LogP contribution in [-0.4, -0.2) is 21.9 Å². The van der Waals surface area contributed by atoms with Gasteiger partial charge in [-0.1, -0.05) is 56.6 Å². The molecule has 0 spiro atoms. The van der Waals surface area contributed by atoms with Crippen LogP contribution in [0, 0.1) is 23.2 Å². The number of hydrogen-bond donors (Lipinski definition) is 2. The molecular formula is C27H44O2. The summed E-state index contributed by atoms with van der Waals surface area (Å²) in [5, 5.41) is 20.1. The lowest BCUT2D eigenvalue weighted by Gasteiger charge is -2.44. The Morgan fingerprint density at radius 3 is 2.69 bits per heavy atom. The summed E-state index contributed by atoms with van der Waals surface area (Å²) in [4.78, 5) is 0. The summed E-state index contributed by atoms with van der Waals surface area (Å²) in [5.74, 6) is 2.26. The van der Waals surface area contributed by atoms with E-state index in [2.05, 4.69) is 32.6 Å². The molecule has 5 atom stereocenters. The molecule has 3 saturated carbocycles. The van der Waals surface area contributed by atoms with Crippen molar-refractivity contribution in [2.75, 3.05) is 0 Å². The Morgan fingerprint density at radius 1 is 1.21 bits per heavy atom. The fraction of sp³-hybridized carbons (Fsp3) is 0.778. The summed E-state index contributed by atoms with van der Waals surface area (Å²) < 4.78 is 0. The lowest BCUT2D eigenvalue weighted by Crippen LogP contribution is -2.36. The second-order valence-electron chi connectivity index (χ2n) is 11.2. The Labute approximate surface area is 179 Å². The number of fused-ring (bicyclic) bond motifs is 1. The lowest BCUT2D eigenvalue weighted by molar-refractivity contribution is 0.0596. The number of hydrogen-bond acceptors (Lipinski definition) is 2. The summed E-state index contributed by atoms with van der Waals surface area (Å²) >= 11 is 0. The maximum Gasteiger partial charge on any atom is 0.0591 e. The molecule has 0 radical (unpaired) electrons. The third kappa shape index (κ3) is 5.44. The minimum absolute atomic E-state index is 0.192. The lowest BCUT2D eigenvalue weighted by atomic mass is 9.60. The third-order valence-corrected chi connectivity index (χ3v) is 8.36. The van der Waals surface area contributed by atoms with Crippen LogP contribution >= 0.6 is 0 Å². The van der Waals surface area contributed by atoms with E-state index in [0.717, 1.165) is 49.9 Å². The Kier molecular flexibility index (Phi) is 7.16. The fourth-order valence-corrected chi connectivity index (χ4v) is 6.67. The molecule has 2 N–H and O–H groups in total. The molecule has 0 aromatic heterocycles. The Balaban J connectivity index is 1.68. The standard InChI is InChI=1S/C27H44O2/c1-19-10-13-23(28)18-22(19)12-11-21-9-7-17-27(5)24(14-15-25(21)27)20(2)8-6-16-26(3,4)29/h11-12,20,23-25,28-29H,1,6-10,13-18H2,2-5H3/b21-11-,22-12-/t20-,23+,24-,25+,27-/m1/s1. The van der Waals surface area contributed by atoms with Gasteiger partial charge in [-0.15, -0.1) is 0 Å². The van der Waals surface area contributed by atoms with Gasteiger partial charge in [0, 0.05) is 0 Å². The fourth-order valence-electron chi connectivity index (χ4n) is 6.67. The highest BCUT2D eigenvalue weighted by molar-refractivity contribution is 5.36. The first-order valence-electron chi connectivity index (χ1n) is 12.1. The second kappa shape index (κ2) is 9.10. The van der Waals surface area contributed by atoms with Gasteiger partial charge in [0.2, 0.25) is 0 Å². The van der Waals surface area contributed by atoms with E-state index in [-0.39, 0.29) is 6.10 Å². The van der Waals surface area contributed by atoms with Gasteiger partial charge in [-0.25, -0.2) is 0 Å². The third-order valence-electron chi connectivity index (χ3n) is 8.36. The van der Waals surface area contributed by atoms with Gasteiger partial charge in [-0.2, -0.15) is 0 Å². The molecule has 2 heteroatoms. The molecule has 164 valence electrons. The molecule has 3 aliphatic rings. The highest BCUT2D eigenvalue weighted by atomic mass is 16.3. The van der Waals surface area contributed by atoms with Crippen molar-refractivity contribution in [2.45, 2.75) is 110 Å². The molecule has 0 bridgehead atoms. The molecular weight excluding hydrogens is 356 g/mol. The van der Waals surface area contributed by atoms with Gasteiger partial charge in [0.05, 0.1) is 11.7 Å². The smallest absolute Gasteiger partial charge is 0.0591 e. The molecule has 0 aliphatic heterocycles. The molecule has 0 heterocycles. The first kappa shape index (κ1) is 22.8. The summed E-state index contributed by atoms with van der Waals surface area (Å²) in [6.45, 7) is 13.1. The zero-order valence-corrected chi connectivity index (χ0v) is 19.3. The van der Waals surface area contributed by atoms with E-state index in [1.54, 1.807) is 5.57 Å². The van der Waals surface area contributed by atoms with Crippen LogP contribution in [0.1, 0.15) is 98.3 Å². The average Bonchev–Trinajstić information content (AvgIpc) is 2.99. The monoisotopic (exact) mass is 400 g/mol. The van der Waals surface area contributed by atoms with E-state index >= 15 is 0 Å². The van der Waals surface area contributed by atoms with Crippen molar-refractivity contribution < 1.29 is 10.2 Å². The number of allylic oxidation sites excluding steroid dienone is 4. The first-order chi connectivity index (χ1) is 13.6. The number of aliphatic hydroxyl groups excluding tert-OH is 1. The Bertz CT molecular complexity index is 650. The normalized spacial score (nSPS) is 37.2. The topological polar surface area (TPSA) is 40.5 Å². The molecule has 29 heavy (non-hydrogen) atoms. The molecule has 2 nitrogen and oxygen atoms in total. The van der Waals surface area contributed by atoms with Crippen LogP contribution in [-0.2, 0) is 0 Å².